The molecule has 1 unspecified atom stereocenters. The second-order valence-electron chi connectivity index (χ2n) is 8.01. The predicted octanol–water partition coefficient (Wildman–Crippen LogP) is 5.21. The first-order valence-corrected chi connectivity index (χ1v) is 12.2. The van der Waals surface area contributed by atoms with E-state index in [0.717, 1.165) is 32.1 Å². The van der Waals surface area contributed by atoms with E-state index in [2.05, 4.69) is 24.6 Å². The predicted molar refractivity (Wildman–Crippen MR) is 127 cm³/mol. The van der Waals surface area contributed by atoms with E-state index in [1.807, 2.05) is 6.26 Å². The van der Waals surface area contributed by atoms with Crippen molar-refractivity contribution in [1.82, 2.24) is 23.8 Å². The molecule has 0 saturated carbocycles. The summed E-state index contributed by atoms with van der Waals surface area (Å²) in [5, 5.41) is 13.4. The normalized spacial score (nSPS) is 16.6. The van der Waals surface area contributed by atoms with Crippen LogP contribution in [-0.2, 0) is 6.18 Å². The highest BCUT2D eigenvalue weighted by Gasteiger charge is 2.36. The molecule has 1 aromatic carbocycles. The molecule has 1 aliphatic rings. The van der Waals surface area contributed by atoms with Crippen LogP contribution < -0.4 is 5.32 Å². The molecule has 0 spiro atoms. The molecule has 4 rings (SSSR count). The van der Waals surface area contributed by atoms with Crippen molar-refractivity contribution in [1.29, 1.82) is 0 Å². The Morgan fingerprint density at radius 2 is 1.97 bits per heavy atom. The Morgan fingerprint density at radius 1 is 1.24 bits per heavy atom. The van der Waals surface area contributed by atoms with E-state index in [1.54, 1.807) is 37.1 Å². The van der Waals surface area contributed by atoms with Gasteiger partial charge in [-0.05, 0) is 32.1 Å². The Kier molecular flexibility index (Phi) is 7.36. The lowest BCUT2D eigenvalue weighted by Crippen LogP contribution is -2.35. The molecule has 2 N–H and O–H groups in total. The van der Waals surface area contributed by atoms with Gasteiger partial charge in [-0.2, -0.15) is 13.2 Å². The summed E-state index contributed by atoms with van der Waals surface area (Å²) in [5.41, 5.74) is -0.252. The summed E-state index contributed by atoms with van der Waals surface area (Å²) in [6, 6.07) is 5.16. The zero-order chi connectivity index (χ0) is 24.5. The van der Waals surface area contributed by atoms with Crippen LogP contribution >= 0.6 is 23.5 Å². The Bertz CT molecular complexity index is 1150. The number of anilines is 1. The average molecular weight is 513 g/mol. The quantitative estimate of drug-likeness (QED) is 0.439. The van der Waals surface area contributed by atoms with Crippen LogP contribution in [0.2, 0.25) is 5.02 Å². The number of nitrogens with zero attached hydrogens (tertiary/aromatic N) is 5. The van der Waals surface area contributed by atoms with Gasteiger partial charge in [0.2, 0.25) is 5.95 Å². The van der Waals surface area contributed by atoms with Crippen molar-refractivity contribution in [2.45, 2.75) is 38.1 Å². The summed E-state index contributed by atoms with van der Waals surface area (Å²) in [6.07, 6.45) is 1.85. The molecule has 34 heavy (non-hydrogen) atoms. The summed E-state index contributed by atoms with van der Waals surface area (Å²) in [5.74, 6) is 0.134. The van der Waals surface area contributed by atoms with Crippen molar-refractivity contribution in [2.24, 2.45) is 0 Å². The van der Waals surface area contributed by atoms with E-state index < -0.39 is 17.8 Å². The zero-order valence-electron chi connectivity index (χ0n) is 18.6. The molecule has 12 heteroatoms. The number of benzene rings is 1. The molecule has 182 valence electrons. The van der Waals surface area contributed by atoms with Crippen LogP contribution in [0.3, 0.4) is 0 Å². The van der Waals surface area contributed by atoms with Crippen LogP contribution in [0.15, 0.2) is 36.9 Å². The highest BCUT2D eigenvalue weighted by molar-refractivity contribution is 7.96. The fraction of sp³-hybridized carbons (Fsp3) is 0.409. The van der Waals surface area contributed by atoms with Crippen molar-refractivity contribution in [3.63, 3.8) is 0 Å². The van der Waals surface area contributed by atoms with E-state index in [4.69, 9.17) is 11.6 Å². The summed E-state index contributed by atoms with van der Waals surface area (Å²) < 4.78 is 45.0. The summed E-state index contributed by atoms with van der Waals surface area (Å²) in [7, 11) is 0. The maximum atomic E-state index is 13.8. The largest absolute Gasteiger partial charge is 0.420 e. The highest BCUT2D eigenvalue weighted by atomic mass is 35.5. The van der Waals surface area contributed by atoms with Crippen LogP contribution in [0.5, 0.6) is 0 Å². The van der Waals surface area contributed by atoms with Crippen LogP contribution in [0.1, 0.15) is 37.0 Å². The number of rotatable bonds is 6. The Labute approximate surface area is 204 Å². The first-order valence-electron chi connectivity index (χ1n) is 10.7. The molecule has 1 fully saturated rings. The van der Waals surface area contributed by atoms with Crippen LogP contribution in [0, 0.1) is 0 Å². The maximum absolute atomic E-state index is 13.8. The van der Waals surface area contributed by atoms with Gasteiger partial charge in [0, 0.05) is 37.1 Å². The van der Waals surface area contributed by atoms with Crippen LogP contribution in [0.25, 0.3) is 17.1 Å². The van der Waals surface area contributed by atoms with Crippen LogP contribution in [0.4, 0.5) is 19.1 Å². The molecule has 1 saturated heterocycles. The van der Waals surface area contributed by atoms with Crippen molar-refractivity contribution in [3.05, 3.63) is 53.1 Å². The molecule has 7 nitrogen and oxygen atoms in total. The molecular weight excluding hydrogens is 489 g/mol. The SMILES string of the molecule is CSN1CCC(Nc2ncc(C(F)(F)F)c(-c3cn(-c4cccc(C(C)O)c4Cl)cn3)n2)CC1. The Morgan fingerprint density at radius 3 is 2.62 bits per heavy atom. The summed E-state index contributed by atoms with van der Waals surface area (Å²) >= 11 is 8.10. The molecule has 0 radical (unpaired) electrons. The lowest BCUT2D eigenvalue weighted by molar-refractivity contribution is -0.137. The topological polar surface area (TPSA) is 79.1 Å². The Balaban J connectivity index is 1.66. The third kappa shape index (κ3) is 5.32. The molecule has 3 aromatic rings. The lowest BCUT2D eigenvalue weighted by Gasteiger charge is -2.30. The minimum Gasteiger partial charge on any atom is -0.389 e. The maximum Gasteiger partial charge on any atom is 0.420 e. The smallest absolute Gasteiger partial charge is 0.389 e. The van der Waals surface area contributed by atoms with E-state index in [9.17, 15) is 18.3 Å². The molecule has 0 aliphatic carbocycles. The fourth-order valence-electron chi connectivity index (χ4n) is 3.86. The van der Waals surface area contributed by atoms with E-state index in [1.165, 1.54) is 17.1 Å². The number of hydrogen-bond donors (Lipinski definition) is 2. The Hall–Kier alpha value is -2.34. The third-order valence-electron chi connectivity index (χ3n) is 5.70. The average Bonchev–Trinajstić information content (AvgIpc) is 3.29. The lowest BCUT2D eigenvalue weighted by atomic mass is 10.1. The number of halogens is 4. The van der Waals surface area contributed by atoms with Gasteiger partial charge >= 0.3 is 6.18 Å². The minimum absolute atomic E-state index is 0.0356. The molecule has 1 aliphatic heterocycles. The van der Waals surface area contributed by atoms with Gasteiger partial charge in [0.1, 0.15) is 23.3 Å². The van der Waals surface area contributed by atoms with Gasteiger partial charge in [0.05, 0.1) is 16.8 Å². The zero-order valence-corrected chi connectivity index (χ0v) is 20.1. The summed E-state index contributed by atoms with van der Waals surface area (Å²) in [4.78, 5) is 12.3. The van der Waals surface area contributed by atoms with Gasteiger partial charge in [0.25, 0.3) is 0 Å². The second kappa shape index (κ2) is 10.1. The standard InChI is InChI=1S/C22H24ClF3N6OS/c1-13(33)15-4-3-5-18(19(15)23)31-11-17(28-12-31)20-16(22(24,25)26)10-27-21(30-20)29-14-6-8-32(34-2)9-7-14/h3-5,10-14,33H,6-9H2,1-2H3,(H,27,29,30). The number of nitrogens with one attached hydrogen (secondary N) is 1. The number of aliphatic hydroxyl groups excluding tert-OH is 1. The first kappa shape index (κ1) is 24.8. The van der Waals surface area contributed by atoms with Gasteiger partial charge in [-0.15, -0.1) is 0 Å². The highest BCUT2D eigenvalue weighted by Crippen LogP contribution is 2.36. The first-order chi connectivity index (χ1) is 16.2. The van der Waals surface area contributed by atoms with Crippen LogP contribution in [-0.4, -0.2) is 54.3 Å². The van der Waals surface area contributed by atoms with E-state index >= 15 is 0 Å². The number of hydrogen-bond acceptors (Lipinski definition) is 7. The van der Waals surface area contributed by atoms with Gasteiger partial charge in [0.15, 0.2) is 0 Å². The molecule has 2 aromatic heterocycles. The van der Waals surface area contributed by atoms with Gasteiger partial charge < -0.3 is 15.0 Å². The van der Waals surface area contributed by atoms with Crippen molar-refractivity contribution in [2.75, 3.05) is 24.7 Å². The monoisotopic (exact) mass is 512 g/mol. The number of piperidine rings is 1. The number of aliphatic hydroxyl groups is 1. The molecule has 0 bridgehead atoms. The second-order valence-corrected chi connectivity index (χ2v) is 9.27. The van der Waals surface area contributed by atoms with Crippen molar-refractivity contribution < 1.29 is 18.3 Å². The minimum atomic E-state index is -4.65. The number of imidazole rings is 1. The van der Waals surface area contributed by atoms with E-state index in [-0.39, 0.29) is 23.4 Å². The van der Waals surface area contributed by atoms with Gasteiger partial charge in [-0.25, -0.2) is 15.0 Å². The van der Waals surface area contributed by atoms with Crippen molar-refractivity contribution >= 4 is 29.5 Å². The number of alkyl halides is 3. The van der Waals surface area contributed by atoms with Gasteiger partial charge in [-0.3, -0.25) is 4.31 Å². The fourth-order valence-corrected chi connectivity index (χ4v) is 4.81. The summed E-state index contributed by atoms with van der Waals surface area (Å²) in [6.45, 7) is 3.34. The third-order valence-corrected chi connectivity index (χ3v) is 6.99. The molecule has 3 heterocycles. The molecule has 0 amide bonds. The molecular formula is C22H24ClF3N6OS. The van der Waals surface area contributed by atoms with Crippen molar-refractivity contribution in [3.8, 4) is 17.1 Å². The van der Waals surface area contributed by atoms with Gasteiger partial charge in [-0.1, -0.05) is 35.7 Å². The number of aromatic nitrogens is 4. The molecule has 1 atom stereocenters. The van der Waals surface area contributed by atoms with E-state index in [0.29, 0.717) is 16.3 Å².